The molecule has 1 aromatic rings. The molecule has 1 heterocycles. The summed E-state index contributed by atoms with van der Waals surface area (Å²) in [7, 11) is 0. The van der Waals surface area contributed by atoms with E-state index < -0.39 is 11.7 Å². The molecule has 0 N–H and O–H groups in total. The summed E-state index contributed by atoms with van der Waals surface area (Å²) >= 11 is 5.86. The van der Waals surface area contributed by atoms with Crippen molar-refractivity contribution in [2.75, 3.05) is 13.1 Å². The Morgan fingerprint density at radius 2 is 2.06 bits per heavy atom. The van der Waals surface area contributed by atoms with Crippen molar-refractivity contribution in [3.8, 4) is 0 Å². The van der Waals surface area contributed by atoms with Crippen LogP contribution in [0.3, 0.4) is 0 Å². The first kappa shape index (κ1) is 13.0. The average molecular weight is 270 g/mol. The average Bonchev–Trinajstić information content (AvgIpc) is 2.38. The number of hydrogen-bond donors (Lipinski definition) is 0. The first-order valence-corrected chi connectivity index (χ1v) is 6.20. The molecule has 0 bridgehead atoms. The molecule has 0 atom stereocenters. The van der Waals surface area contributed by atoms with Crippen LogP contribution in [0.5, 0.6) is 0 Å². The summed E-state index contributed by atoms with van der Waals surface area (Å²) < 4.78 is 13.6. The molecule has 2 rings (SSSR count). The van der Waals surface area contributed by atoms with Crippen LogP contribution in [0.4, 0.5) is 4.39 Å². The predicted octanol–water partition coefficient (Wildman–Crippen LogP) is 2.53. The van der Waals surface area contributed by atoms with Gasteiger partial charge in [-0.15, -0.1) is 0 Å². The van der Waals surface area contributed by atoms with Crippen molar-refractivity contribution >= 4 is 23.8 Å². The van der Waals surface area contributed by atoms with E-state index >= 15 is 0 Å². The summed E-state index contributed by atoms with van der Waals surface area (Å²) in [5.74, 6) is -1.00. The Kier molecular flexibility index (Phi) is 3.97. The van der Waals surface area contributed by atoms with Gasteiger partial charge in [-0.3, -0.25) is 4.79 Å². The van der Waals surface area contributed by atoms with Crippen LogP contribution < -0.4 is 0 Å². The quantitative estimate of drug-likeness (QED) is 0.774. The third-order valence-electron chi connectivity index (χ3n) is 3.20. The number of benzene rings is 1. The number of amides is 1. The van der Waals surface area contributed by atoms with Crippen molar-refractivity contribution in [2.24, 2.45) is 5.92 Å². The van der Waals surface area contributed by atoms with E-state index in [2.05, 4.69) is 0 Å². The van der Waals surface area contributed by atoms with E-state index in [1.807, 2.05) is 0 Å². The highest BCUT2D eigenvalue weighted by atomic mass is 35.5. The third-order valence-corrected chi connectivity index (χ3v) is 3.51. The Morgan fingerprint density at radius 3 is 2.61 bits per heavy atom. The van der Waals surface area contributed by atoms with E-state index in [1.54, 1.807) is 4.90 Å². The minimum atomic E-state index is -0.606. The van der Waals surface area contributed by atoms with Crippen molar-refractivity contribution in [1.29, 1.82) is 0 Å². The summed E-state index contributed by atoms with van der Waals surface area (Å²) in [6.07, 6.45) is 2.17. The SMILES string of the molecule is O=CC1CCN(C(=O)c2c(F)cccc2Cl)CC1. The molecule has 0 radical (unpaired) electrons. The maximum absolute atomic E-state index is 13.6. The van der Waals surface area contributed by atoms with Gasteiger partial charge < -0.3 is 9.69 Å². The second-order valence-electron chi connectivity index (χ2n) is 4.36. The van der Waals surface area contributed by atoms with Crippen LogP contribution in [-0.2, 0) is 4.79 Å². The van der Waals surface area contributed by atoms with Crippen molar-refractivity contribution in [2.45, 2.75) is 12.8 Å². The summed E-state index contributed by atoms with van der Waals surface area (Å²) in [4.78, 5) is 24.3. The Balaban J connectivity index is 2.15. The van der Waals surface area contributed by atoms with Gasteiger partial charge in [-0.05, 0) is 25.0 Å². The Morgan fingerprint density at radius 1 is 1.39 bits per heavy atom. The van der Waals surface area contributed by atoms with Gasteiger partial charge in [0.05, 0.1) is 10.6 Å². The molecule has 96 valence electrons. The second kappa shape index (κ2) is 5.48. The number of carbonyl (C=O) groups is 2. The molecular weight excluding hydrogens is 257 g/mol. The molecule has 5 heteroatoms. The zero-order chi connectivity index (χ0) is 13.1. The van der Waals surface area contributed by atoms with Crippen LogP contribution in [0.15, 0.2) is 18.2 Å². The van der Waals surface area contributed by atoms with Crippen LogP contribution in [0.25, 0.3) is 0 Å². The molecule has 1 fully saturated rings. The van der Waals surface area contributed by atoms with Crippen molar-refractivity contribution in [3.05, 3.63) is 34.6 Å². The number of rotatable bonds is 2. The molecule has 0 aliphatic carbocycles. The van der Waals surface area contributed by atoms with Gasteiger partial charge in [0.15, 0.2) is 0 Å². The lowest BCUT2D eigenvalue weighted by Crippen LogP contribution is -2.39. The van der Waals surface area contributed by atoms with E-state index in [1.165, 1.54) is 18.2 Å². The fraction of sp³-hybridized carbons (Fsp3) is 0.385. The van der Waals surface area contributed by atoms with E-state index in [9.17, 15) is 14.0 Å². The topological polar surface area (TPSA) is 37.4 Å². The fourth-order valence-corrected chi connectivity index (χ4v) is 2.34. The van der Waals surface area contributed by atoms with Crippen LogP contribution in [0, 0.1) is 11.7 Å². The highest BCUT2D eigenvalue weighted by Gasteiger charge is 2.26. The molecule has 1 amide bonds. The first-order valence-electron chi connectivity index (χ1n) is 5.82. The summed E-state index contributed by atoms with van der Waals surface area (Å²) in [6.45, 7) is 0.930. The molecule has 0 aromatic heterocycles. The number of carbonyl (C=O) groups excluding carboxylic acids is 2. The summed E-state index contributed by atoms with van der Waals surface area (Å²) in [5, 5.41) is 0.123. The van der Waals surface area contributed by atoms with Gasteiger partial charge in [-0.2, -0.15) is 0 Å². The molecule has 3 nitrogen and oxygen atoms in total. The summed E-state index contributed by atoms with van der Waals surface area (Å²) in [6, 6.07) is 4.18. The van der Waals surface area contributed by atoms with Gasteiger partial charge >= 0.3 is 0 Å². The van der Waals surface area contributed by atoms with Gasteiger partial charge in [0.25, 0.3) is 5.91 Å². The molecule has 1 saturated heterocycles. The molecule has 1 aromatic carbocycles. The normalized spacial score (nSPS) is 16.7. The molecule has 0 unspecified atom stereocenters. The number of likely N-dealkylation sites (tertiary alicyclic amines) is 1. The molecule has 18 heavy (non-hydrogen) atoms. The number of nitrogens with zero attached hydrogens (tertiary/aromatic N) is 1. The van der Waals surface area contributed by atoms with Gasteiger partial charge in [-0.1, -0.05) is 17.7 Å². The molecule has 0 spiro atoms. The monoisotopic (exact) mass is 269 g/mol. The third kappa shape index (κ3) is 2.53. The van der Waals surface area contributed by atoms with Gasteiger partial charge in [-0.25, -0.2) is 4.39 Å². The maximum Gasteiger partial charge on any atom is 0.258 e. The number of aldehydes is 1. The fourth-order valence-electron chi connectivity index (χ4n) is 2.10. The summed E-state index contributed by atoms with van der Waals surface area (Å²) in [5.41, 5.74) is -0.0799. The second-order valence-corrected chi connectivity index (χ2v) is 4.77. The van der Waals surface area contributed by atoms with Crippen molar-refractivity contribution < 1.29 is 14.0 Å². The van der Waals surface area contributed by atoms with Gasteiger partial charge in [0.1, 0.15) is 12.1 Å². The zero-order valence-corrected chi connectivity index (χ0v) is 10.5. The Labute approximate surface area is 110 Å². The Bertz CT molecular complexity index is 450. The minimum Gasteiger partial charge on any atom is -0.338 e. The number of piperidine rings is 1. The van der Waals surface area contributed by atoms with Crippen LogP contribution in [-0.4, -0.2) is 30.2 Å². The van der Waals surface area contributed by atoms with E-state index in [0.29, 0.717) is 25.9 Å². The van der Waals surface area contributed by atoms with E-state index in [4.69, 9.17) is 11.6 Å². The molecule has 1 aliphatic rings. The van der Waals surface area contributed by atoms with Gasteiger partial charge in [0, 0.05) is 19.0 Å². The maximum atomic E-state index is 13.6. The highest BCUT2D eigenvalue weighted by Crippen LogP contribution is 2.23. The van der Waals surface area contributed by atoms with E-state index in [0.717, 1.165) is 6.29 Å². The first-order chi connectivity index (χ1) is 8.63. The lowest BCUT2D eigenvalue weighted by atomic mass is 9.98. The van der Waals surface area contributed by atoms with Crippen LogP contribution in [0.2, 0.25) is 5.02 Å². The van der Waals surface area contributed by atoms with E-state index in [-0.39, 0.29) is 16.5 Å². The predicted molar refractivity (Wildman–Crippen MR) is 66.1 cm³/mol. The largest absolute Gasteiger partial charge is 0.338 e. The van der Waals surface area contributed by atoms with Gasteiger partial charge in [0.2, 0.25) is 0 Å². The van der Waals surface area contributed by atoms with Crippen LogP contribution >= 0.6 is 11.6 Å². The standard InChI is InChI=1S/C13H13ClFNO2/c14-10-2-1-3-11(15)12(10)13(18)16-6-4-9(8-17)5-7-16/h1-3,8-9H,4-7H2. The smallest absolute Gasteiger partial charge is 0.258 e. The molecular formula is C13H13ClFNO2. The molecule has 0 saturated carbocycles. The number of hydrogen-bond acceptors (Lipinski definition) is 2. The lowest BCUT2D eigenvalue weighted by molar-refractivity contribution is -0.112. The van der Waals surface area contributed by atoms with Crippen molar-refractivity contribution in [3.63, 3.8) is 0 Å². The highest BCUT2D eigenvalue weighted by molar-refractivity contribution is 6.33. The van der Waals surface area contributed by atoms with Crippen molar-refractivity contribution in [1.82, 2.24) is 4.90 Å². The zero-order valence-electron chi connectivity index (χ0n) is 9.73. The lowest BCUT2D eigenvalue weighted by Gasteiger charge is -2.30. The Hall–Kier alpha value is -1.42. The number of halogens is 2. The molecule has 1 aliphatic heterocycles. The van der Waals surface area contributed by atoms with Crippen LogP contribution in [0.1, 0.15) is 23.2 Å². The minimum absolute atomic E-state index is 0.00476.